The number of hydrazine groups is 1. The van der Waals surface area contributed by atoms with Gasteiger partial charge in [-0.1, -0.05) is 60.7 Å². The normalized spacial score (nSPS) is 23.1. The van der Waals surface area contributed by atoms with Gasteiger partial charge in [-0.3, -0.25) is 15.1 Å². The first kappa shape index (κ1) is 27.3. The molecule has 4 N–H and O–H groups in total. The van der Waals surface area contributed by atoms with Gasteiger partial charge in [0, 0.05) is 44.7 Å². The number of nitrogens with one attached hydrogen (secondary N) is 4. The van der Waals surface area contributed by atoms with Crippen LogP contribution < -0.4 is 26.2 Å². The quantitative estimate of drug-likeness (QED) is 0.305. The molecule has 8 heteroatoms. The maximum absolute atomic E-state index is 14.0. The number of likely N-dealkylation sites (tertiary alicyclic amines) is 1. The monoisotopic (exact) mass is 531 g/mol. The lowest BCUT2D eigenvalue weighted by molar-refractivity contribution is -0.125. The lowest BCUT2D eigenvalue weighted by Crippen LogP contribution is -2.43. The molecular weight excluding hydrogens is 493 g/mol. The van der Waals surface area contributed by atoms with Crippen LogP contribution in [-0.2, 0) is 17.8 Å². The lowest BCUT2D eigenvalue weighted by Gasteiger charge is -2.24. The first-order chi connectivity index (χ1) is 19.1. The van der Waals surface area contributed by atoms with Gasteiger partial charge in [0.1, 0.15) is 11.6 Å². The van der Waals surface area contributed by atoms with Gasteiger partial charge in [0.05, 0.1) is 19.2 Å². The minimum absolute atomic E-state index is 0.00637. The van der Waals surface area contributed by atoms with Gasteiger partial charge in [0.2, 0.25) is 5.91 Å². The first-order valence-corrected chi connectivity index (χ1v) is 13.8. The molecule has 2 heterocycles. The number of methoxy groups -OCH3 is 1. The van der Waals surface area contributed by atoms with E-state index in [4.69, 9.17) is 4.74 Å². The summed E-state index contributed by atoms with van der Waals surface area (Å²) in [4.78, 5) is 15.6. The van der Waals surface area contributed by atoms with E-state index in [9.17, 15) is 9.18 Å². The Morgan fingerprint density at radius 1 is 1.05 bits per heavy atom. The Morgan fingerprint density at radius 3 is 2.59 bits per heavy atom. The lowest BCUT2D eigenvalue weighted by atomic mass is 9.94. The zero-order valence-corrected chi connectivity index (χ0v) is 22.4. The van der Waals surface area contributed by atoms with Crippen molar-refractivity contribution < 1.29 is 13.9 Å². The Bertz CT molecular complexity index is 1210. The highest BCUT2D eigenvalue weighted by molar-refractivity contribution is 5.82. The van der Waals surface area contributed by atoms with Gasteiger partial charge < -0.3 is 15.4 Å². The van der Waals surface area contributed by atoms with Gasteiger partial charge in [-0.15, -0.1) is 0 Å². The Balaban J connectivity index is 1.19. The summed E-state index contributed by atoms with van der Waals surface area (Å²) in [6, 6.07) is 25.4. The SMILES string of the molecule is COc1ccc(C2NNCC2CN[C@H]2C[C@@H](C(=O)NCCc3ccccc3F)N(Cc3ccccc3)C2)cc1. The predicted octanol–water partition coefficient (Wildman–Crippen LogP) is 3.19. The maximum Gasteiger partial charge on any atom is 0.237 e. The van der Waals surface area contributed by atoms with E-state index in [1.54, 1.807) is 19.2 Å². The minimum atomic E-state index is -0.236. The van der Waals surface area contributed by atoms with Crippen LogP contribution in [0.25, 0.3) is 0 Å². The van der Waals surface area contributed by atoms with E-state index in [1.165, 1.54) is 17.2 Å². The topological polar surface area (TPSA) is 77.7 Å². The summed E-state index contributed by atoms with van der Waals surface area (Å²) >= 11 is 0. The number of carbonyl (C=O) groups is 1. The largest absolute Gasteiger partial charge is 0.497 e. The number of amides is 1. The maximum atomic E-state index is 14.0. The molecular formula is C31H38FN5O2. The molecule has 2 unspecified atom stereocenters. The highest BCUT2D eigenvalue weighted by atomic mass is 19.1. The van der Waals surface area contributed by atoms with Crippen LogP contribution in [0.2, 0.25) is 0 Å². The molecule has 2 aliphatic rings. The van der Waals surface area contributed by atoms with Crippen LogP contribution in [0.3, 0.4) is 0 Å². The summed E-state index contributed by atoms with van der Waals surface area (Å²) in [6.07, 6.45) is 1.21. The van der Waals surface area contributed by atoms with Crippen LogP contribution in [-0.4, -0.2) is 56.2 Å². The van der Waals surface area contributed by atoms with Gasteiger partial charge in [0.15, 0.2) is 0 Å². The molecule has 0 aromatic heterocycles. The molecule has 0 spiro atoms. The van der Waals surface area contributed by atoms with Gasteiger partial charge in [0.25, 0.3) is 0 Å². The first-order valence-electron chi connectivity index (χ1n) is 13.8. The molecule has 7 nitrogen and oxygen atoms in total. The summed E-state index contributed by atoms with van der Waals surface area (Å²) in [6.45, 7) is 3.62. The highest BCUT2D eigenvalue weighted by Crippen LogP contribution is 2.27. The second-order valence-corrected chi connectivity index (χ2v) is 10.4. The summed E-state index contributed by atoms with van der Waals surface area (Å²) in [5.41, 5.74) is 9.75. The van der Waals surface area contributed by atoms with Crippen molar-refractivity contribution in [2.45, 2.75) is 37.5 Å². The molecule has 0 radical (unpaired) electrons. The van der Waals surface area contributed by atoms with Crippen LogP contribution >= 0.6 is 0 Å². The van der Waals surface area contributed by atoms with Crippen molar-refractivity contribution in [2.24, 2.45) is 5.92 Å². The van der Waals surface area contributed by atoms with Gasteiger partial charge in [-0.2, -0.15) is 0 Å². The third-order valence-corrected chi connectivity index (χ3v) is 7.82. The summed E-state index contributed by atoms with van der Waals surface area (Å²) in [5, 5.41) is 6.83. The van der Waals surface area contributed by atoms with Crippen molar-refractivity contribution in [3.05, 3.63) is 101 Å². The van der Waals surface area contributed by atoms with E-state index in [2.05, 4.69) is 50.7 Å². The molecule has 2 aliphatic heterocycles. The minimum Gasteiger partial charge on any atom is -0.497 e. The number of rotatable bonds is 11. The molecule has 0 aliphatic carbocycles. The fourth-order valence-electron chi connectivity index (χ4n) is 5.67. The fraction of sp³-hybridized carbons (Fsp3) is 0.387. The average molecular weight is 532 g/mol. The Hall–Kier alpha value is -3.30. The molecule has 2 fully saturated rings. The molecule has 3 aromatic rings. The third kappa shape index (κ3) is 7.02. The van der Waals surface area contributed by atoms with Crippen molar-refractivity contribution in [1.29, 1.82) is 0 Å². The molecule has 2 saturated heterocycles. The zero-order chi connectivity index (χ0) is 27.0. The predicted molar refractivity (Wildman–Crippen MR) is 151 cm³/mol. The Kier molecular flexibility index (Phi) is 9.21. The van der Waals surface area contributed by atoms with E-state index in [1.807, 2.05) is 36.4 Å². The summed E-state index contributed by atoms with van der Waals surface area (Å²) in [7, 11) is 1.68. The van der Waals surface area contributed by atoms with E-state index in [0.717, 1.165) is 31.8 Å². The standard InChI is InChI=1S/C31H38FN5O2/c1-39-27-13-11-24(12-14-27)30-25(19-35-36-30)18-34-26-17-29(37(21-26)20-22-7-3-2-4-8-22)31(38)33-16-15-23-9-5-6-10-28(23)32/h2-14,25-26,29-30,34-36H,15-21H2,1H3,(H,33,38)/t25?,26-,29-,30?/m0/s1. The van der Waals surface area contributed by atoms with E-state index >= 15 is 0 Å². The Morgan fingerprint density at radius 2 is 1.82 bits per heavy atom. The van der Waals surface area contributed by atoms with Crippen LogP contribution in [0.4, 0.5) is 4.39 Å². The number of ether oxygens (including phenoxy) is 1. The molecule has 0 saturated carbocycles. The van der Waals surface area contributed by atoms with Crippen LogP contribution in [0.1, 0.15) is 29.2 Å². The van der Waals surface area contributed by atoms with Gasteiger partial charge >= 0.3 is 0 Å². The zero-order valence-electron chi connectivity index (χ0n) is 22.4. The fourth-order valence-corrected chi connectivity index (χ4v) is 5.67. The molecule has 4 atom stereocenters. The smallest absolute Gasteiger partial charge is 0.237 e. The van der Waals surface area contributed by atoms with Crippen molar-refractivity contribution in [2.75, 3.05) is 33.3 Å². The van der Waals surface area contributed by atoms with Crippen molar-refractivity contribution >= 4 is 5.91 Å². The third-order valence-electron chi connectivity index (χ3n) is 7.82. The summed E-state index contributed by atoms with van der Waals surface area (Å²) in [5.74, 6) is 0.995. The number of nitrogens with zero attached hydrogens (tertiary/aromatic N) is 1. The summed E-state index contributed by atoms with van der Waals surface area (Å²) < 4.78 is 19.3. The molecule has 206 valence electrons. The highest BCUT2D eigenvalue weighted by Gasteiger charge is 2.37. The molecule has 5 rings (SSSR count). The van der Waals surface area contributed by atoms with Crippen molar-refractivity contribution in [3.63, 3.8) is 0 Å². The number of hydrogen-bond donors (Lipinski definition) is 4. The van der Waals surface area contributed by atoms with Crippen LogP contribution in [0.5, 0.6) is 5.75 Å². The molecule has 39 heavy (non-hydrogen) atoms. The number of carbonyl (C=O) groups excluding carboxylic acids is 1. The number of hydrogen-bond acceptors (Lipinski definition) is 6. The second-order valence-electron chi connectivity index (χ2n) is 10.4. The van der Waals surface area contributed by atoms with E-state index in [0.29, 0.717) is 31.0 Å². The van der Waals surface area contributed by atoms with Crippen molar-refractivity contribution in [3.8, 4) is 5.75 Å². The van der Waals surface area contributed by atoms with Gasteiger partial charge in [-0.05, 0) is 47.7 Å². The van der Waals surface area contributed by atoms with Gasteiger partial charge in [-0.25, -0.2) is 9.82 Å². The number of benzene rings is 3. The average Bonchev–Trinajstić information content (AvgIpc) is 3.60. The van der Waals surface area contributed by atoms with E-state index < -0.39 is 0 Å². The van der Waals surface area contributed by atoms with Crippen molar-refractivity contribution in [1.82, 2.24) is 26.4 Å². The second kappa shape index (κ2) is 13.2. The molecule has 3 aromatic carbocycles. The van der Waals surface area contributed by atoms with E-state index in [-0.39, 0.29) is 29.8 Å². The molecule has 0 bridgehead atoms. The van der Waals surface area contributed by atoms with Crippen LogP contribution in [0, 0.1) is 11.7 Å². The molecule has 1 amide bonds. The van der Waals surface area contributed by atoms with Crippen LogP contribution in [0.15, 0.2) is 78.9 Å². The number of halogens is 1. The Labute approximate surface area is 230 Å².